The molecule has 124 valence electrons. The first kappa shape index (κ1) is 16.7. The molecule has 1 aromatic carbocycles. The second-order valence-electron chi connectivity index (χ2n) is 4.87. The normalized spacial score (nSPS) is 14.9. The van der Waals surface area contributed by atoms with E-state index in [1.54, 1.807) is 41.1 Å². The van der Waals surface area contributed by atoms with Gasteiger partial charge in [0.15, 0.2) is 0 Å². The summed E-state index contributed by atoms with van der Waals surface area (Å²) in [7, 11) is 1.34. The van der Waals surface area contributed by atoms with Crippen LogP contribution < -0.4 is 0 Å². The lowest BCUT2D eigenvalue weighted by Crippen LogP contribution is -2.46. The van der Waals surface area contributed by atoms with Gasteiger partial charge in [-0.2, -0.15) is 0 Å². The van der Waals surface area contributed by atoms with Crippen molar-refractivity contribution in [3.8, 4) is 0 Å². The molecule has 0 unspecified atom stereocenters. The molecule has 1 fully saturated rings. The smallest absolute Gasteiger partial charge is 0.409 e. The third-order valence-corrected chi connectivity index (χ3v) is 3.36. The minimum Gasteiger partial charge on any atom is -0.465 e. The van der Waals surface area contributed by atoms with Crippen LogP contribution in [-0.2, 0) is 9.47 Å². The van der Waals surface area contributed by atoms with Crippen LogP contribution in [0.2, 0.25) is 0 Å². The first-order chi connectivity index (χ1) is 11.1. The van der Waals surface area contributed by atoms with Gasteiger partial charge < -0.3 is 14.4 Å². The largest absolute Gasteiger partial charge is 0.465 e. The van der Waals surface area contributed by atoms with Crippen molar-refractivity contribution in [2.24, 2.45) is 10.3 Å². The molecule has 1 heterocycles. The number of amides is 1. The predicted molar refractivity (Wildman–Crippen MR) is 82.5 cm³/mol. The lowest BCUT2D eigenvalue weighted by Gasteiger charge is -2.31. The lowest BCUT2D eigenvalue weighted by atomic mass is 10.2. The van der Waals surface area contributed by atoms with E-state index >= 15 is 0 Å². The lowest BCUT2D eigenvalue weighted by molar-refractivity contribution is 0.0600. The summed E-state index contributed by atoms with van der Waals surface area (Å²) >= 11 is 0. The molecule has 0 saturated carbocycles. The number of carbonyl (C=O) groups excluding carboxylic acids is 2. The summed E-state index contributed by atoms with van der Waals surface area (Å²) in [4.78, 5) is 24.6. The van der Waals surface area contributed by atoms with Crippen LogP contribution in [0.1, 0.15) is 17.3 Å². The SMILES string of the molecule is CCOC(=O)N1CCN(N=Nc2ccc(C(=O)OC)cc2)CC1. The molecule has 23 heavy (non-hydrogen) atoms. The summed E-state index contributed by atoms with van der Waals surface area (Å²) in [6.45, 7) is 4.47. The molecular weight excluding hydrogens is 300 g/mol. The van der Waals surface area contributed by atoms with Crippen LogP contribution in [0.3, 0.4) is 0 Å². The van der Waals surface area contributed by atoms with Gasteiger partial charge >= 0.3 is 12.1 Å². The third-order valence-electron chi connectivity index (χ3n) is 3.36. The van der Waals surface area contributed by atoms with Gasteiger partial charge in [-0.25, -0.2) is 9.59 Å². The molecule has 8 heteroatoms. The van der Waals surface area contributed by atoms with Crippen molar-refractivity contribution in [1.82, 2.24) is 9.91 Å². The first-order valence-corrected chi connectivity index (χ1v) is 7.40. The number of methoxy groups -OCH3 is 1. The summed E-state index contributed by atoms with van der Waals surface area (Å²) < 4.78 is 9.60. The fourth-order valence-corrected chi connectivity index (χ4v) is 2.08. The number of ether oxygens (including phenoxy) is 2. The quantitative estimate of drug-likeness (QED) is 0.627. The maximum atomic E-state index is 11.6. The molecule has 1 aliphatic rings. The molecule has 0 N–H and O–H groups in total. The summed E-state index contributed by atoms with van der Waals surface area (Å²) in [5, 5.41) is 10.1. The number of benzene rings is 1. The summed E-state index contributed by atoms with van der Waals surface area (Å²) in [5.41, 5.74) is 1.11. The molecule has 0 aliphatic carbocycles. The molecular formula is C15H20N4O4. The fourth-order valence-electron chi connectivity index (χ4n) is 2.08. The van der Waals surface area contributed by atoms with E-state index in [1.165, 1.54) is 7.11 Å². The molecule has 0 spiro atoms. The predicted octanol–water partition coefficient (Wildman–Crippen LogP) is 2.25. The van der Waals surface area contributed by atoms with Crippen LogP contribution in [0.25, 0.3) is 0 Å². The van der Waals surface area contributed by atoms with Gasteiger partial charge in [0.25, 0.3) is 0 Å². The van der Waals surface area contributed by atoms with Gasteiger partial charge in [0.1, 0.15) is 0 Å². The Balaban J connectivity index is 1.85. The Bertz CT molecular complexity index is 565. The first-order valence-electron chi connectivity index (χ1n) is 7.40. The fraction of sp³-hybridized carbons (Fsp3) is 0.467. The van der Waals surface area contributed by atoms with Crippen molar-refractivity contribution < 1.29 is 19.1 Å². The number of piperazine rings is 1. The topological polar surface area (TPSA) is 83.8 Å². The van der Waals surface area contributed by atoms with E-state index in [4.69, 9.17) is 4.74 Å². The molecule has 0 radical (unpaired) electrons. The van der Waals surface area contributed by atoms with E-state index in [-0.39, 0.29) is 12.1 Å². The van der Waals surface area contributed by atoms with Gasteiger partial charge in [0.2, 0.25) is 0 Å². The molecule has 1 aromatic rings. The number of hydrogen-bond donors (Lipinski definition) is 0. The van der Waals surface area contributed by atoms with Crippen LogP contribution in [-0.4, -0.2) is 61.9 Å². The summed E-state index contributed by atoms with van der Waals surface area (Å²) in [6, 6.07) is 6.67. The zero-order chi connectivity index (χ0) is 16.7. The standard InChI is InChI=1S/C15H20N4O4/c1-3-23-15(21)18-8-10-19(11-9-18)17-16-13-6-4-12(5-7-13)14(20)22-2/h4-7H,3,8-11H2,1-2H3. The van der Waals surface area contributed by atoms with Gasteiger partial charge in [-0.1, -0.05) is 5.22 Å². The van der Waals surface area contributed by atoms with E-state index in [0.29, 0.717) is 44.0 Å². The number of carbonyl (C=O) groups is 2. The van der Waals surface area contributed by atoms with Crippen molar-refractivity contribution in [3.05, 3.63) is 29.8 Å². The van der Waals surface area contributed by atoms with Crippen molar-refractivity contribution >= 4 is 17.7 Å². The van der Waals surface area contributed by atoms with E-state index in [2.05, 4.69) is 15.1 Å². The maximum Gasteiger partial charge on any atom is 0.409 e. The molecule has 1 amide bonds. The second-order valence-corrected chi connectivity index (χ2v) is 4.87. The zero-order valence-corrected chi connectivity index (χ0v) is 13.3. The number of nitrogens with zero attached hydrogens (tertiary/aromatic N) is 4. The van der Waals surface area contributed by atoms with Gasteiger partial charge in [0.05, 0.1) is 38.1 Å². The summed E-state index contributed by atoms with van der Waals surface area (Å²) in [5.74, 6) is -0.386. The number of esters is 1. The highest BCUT2D eigenvalue weighted by Gasteiger charge is 2.21. The Morgan fingerprint density at radius 2 is 1.78 bits per heavy atom. The Morgan fingerprint density at radius 3 is 2.35 bits per heavy atom. The maximum absolute atomic E-state index is 11.6. The number of rotatable bonds is 4. The van der Waals surface area contributed by atoms with E-state index in [9.17, 15) is 9.59 Å². The molecule has 8 nitrogen and oxygen atoms in total. The van der Waals surface area contributed by atoms with Crippen LogP contribution in [0.4, 0.5) is 10.5 Å². The minimum atomic E-state index is -0.386. The van der Waals surface area contributed by atoms with Crippen LogP contribution in [0.15, 0.2) is 34.6 Å². The van der Waals surface area contributed by atoms with Crippen molar-refractivity contribution in [2.45, 2.75) is 6.92 Å². The van der Waals surface area contributed by atoms with Crippen LogP contribution in [0, 0.1) is 0 Å². The Kier molecular flexibility index (Phi) is 5.90. The average Bonchev–Trinajstić information content (AvgIpc) is 2.60. The van der Waals surface area contributed by atoms with Crippen molar-refractivity contribution in [2.75, 3.05) is 39.9 Å². The van der Waals surface area contributed by atoms with Crippen LogP contribution in [0.5, 0.6) is 0 Å². The Hall–Kier alpha value is -2.64. The highest BCUT2D eigenvalue weighted by molar-refractivity contribution is 5.89. The Labute approximate surface area is 134 Å². The zero-order valence-electron chi connectivity index (χ0n) is 13.3. The van der Waals surface area contributed by atoms with Gasteiger partial charge in [-0.3, -0.25) is 5.01 Å². The average molecular weight is 320 g/mol. The highest BCUT2D eigenvalue weighted by Crippen LogP contribution is 2.15. The third kappa shape index (κ3) is 4.67. The number of hydrogen-bond acceptors (Lipinski definition) is 6. The second kappa shape index (κ2) is 8.11. The minimum absolute atomic E-state index is 0.289. The molecule has 0 atom stereocenters. The van der Waals surface area contributed by atoms with Gasteiger partial charge in [0, 0.05) is 13.1 Å². The van der Waals surface area contributed by atoms with Crippen molar-refractivity contribution in [3.63, 3.8) is 0 Å². The van der Waals surface area contributed by atoms with Crippen molar-refractivity contribution in [1.29, 1.82) is 0 Å². The van der Waals surface area contributed by atoms with E-state index in [1.807, 2.05) is 0 Å². The molecule has 1 saturated heterocycles. The molecule has 0 bridgehead atoms. The van der Waals surface area contributed by atoms with Gasteiger partial charge in [-0.15, -0.1) is 5.11 Å². The van der Waals surface area contributed by atoms with Crippen LogP contribution >= 0.6 is 0 Å². The van der Waals surface area contributed by atoms with E-state index in [0.717, 1.165) is 0 Å². The van der Waals surface area contributed by atoms with Gasteiger partial charge in [-0.05, 0) is 31.2 Å². The van der Waals surface area contributed by atoms with E-state index < -0.39 is 0 Å². The highest BCUT2D eigenvalue weighted by atomic mass is 16.6. The molecule has 2 rings (SSSR count). The monoisotopic (exact) mass is 320 g/mol. The molecule has 1 aliphatic heterocycles. The Morgan fingerprint density at radius 1 is 1.13 bits per heavy atom. The molecule has 0 aromatic heterocycles. The summed E-state index contributed by atoms with van der Waals surface area (Å²) in [6.07, 6.45) is -0.289.